The molecule has 2 aliphatic rings. The van der Waals surface area contributed by atoms with Crippen LogP contribution in [-0.2, 0) is 6.54 Å². The van der Waals surface area contributed by atoms with Gasteiger partial charge in [-0.3, -0.25) is 0 Å². The minimum absolute atomic E-state index is 0.0909. The van der Waals surface area contributed by atoms with Crippen LogP contribution in [-0.4, -0.2) is 56.6 Å². The van der Waals surface area contributed by atoms with Gasteiger partial charge in [-0.2, -0.15) is 5.10 Å². The number of aromatic nitrogens is 4. The van der Waals surface area contributed by atoms with E-state index in [0.29, 0.717) is 41.0 Å². The zero-order chi connectivity index (χ0) is 20.8. The minimum atomic E-state index is -0.746. The minimum Gasteiger partial charge on any atom is -0.485 e. The van der Waals surface area contributed by atoms with E-state index in [1.807, 2.05) is 11.8 Å². The number of aliphatic hydroxyl groups excluding tert-OH is 1. The molecule has 0 aromatic carbocycles. The number of halogens is 1. The Hall–Kier alpha value is -3.40. The molecule has 30 heavy (non-hydrogen) atoms. The van der Waals surface area contributed by atoms with Crippen molar-refractivity contribution in [1.29, 1.82) is 0 Å². The molecule has 0 radical (unpaired) electrons. The summed E-state index contributed by atoms with van der Waals surface area (Å²) in [5.41, 5.74) is 2.55. The van der Waals surface area contributed by atoms with Crippen molar-refractivity contribution in [3.05, 3.63) is 48.2 Å². The number of nitrogens with zero attached hydrogens (tertiary/aromatic N) is 5. The summed E-state index contributed by atoms with van der Waals surface area (Å²) in [6, 6.07) is 1.30. The second-order valence-electron chi connectivity index (χ2n) is 7.55. The van der Waals surface area contributed by atoms with Crippen LogP contribution < -0.4 is 19.7 Å². The SMILES string of the molecule is C=C1N[C@H](C)COc2ncc(F)cc2CN2C[C@@H](O)COc3cn4ncc1c4nc32. The second-order valence-corrected chi connectivity index (χ2v) is 7.55. The van der Waals surface area contributed by atoms with Crippen molar-refractivity contribution >= 4 is 17.2 Å². The van der Waals surface area contributed by atoms with Gasteiger partial charge in [0.1, 0.15) is 25.1 Å². The molecule has 0 unspecified atom stereocenters. The molecule has 0 saturated carbocycles. The highest BCUT2D eigenvalue weighted by Crippen LogP contribution is 2.33. The highest BCUT2D eigenvalue weighted by molar-refractivity contribution is 5.75. The molecule has 5 heterocycles. The van der Waals surface area contributed by atoms with E-state index in [9.17, 15) is 9.50 Å². The van der Waals surface area contributed by atoms with E-state index in [1.54, 1.807) is 16.9 Å². The summed E-state index contributed by atoms with van der Waals surface area (Å²) in [7, 11) is 0. The van der Waals surface area contributed by atoms with Gasteiger partial charge in [-0.25, -0.2) is 18.9 Å². The fourth-order valence-electron chi connectivity index (χ4n) is 3.68. The third-order valence-corrected chi connectivity index (χ3v) is 5.07. The number of aliphatic hydroxyl groups is 1. The first-order chi connectivity index (χ1) is 14.5. The van der Waals surface area contributed by atoms with Gasteiger partial charge in [0.2, 0.25) is 5.88 Å². The zero-order valence-electron chi connectivity index (χ0n) is 16.4. The number of rotatable bonds is 0. The van der Waals surface area contributed by atoms with Crippen molar-refractivity contribution < 1.29 is 19.0 Å². The zero-order valence-corrected chi connectivity index (χ0v) is 16.4. The van der Waals surface area contributed by atoms with Crippen LogP contribution in [0.3, 0.4) is 0 Å². The highest BCUT2D eigenvalue weighted by atomic mass is 19.1. The van der Waals surface area contributed by atoms with Gasteiger partial charge in [0.05, 0.1) is 36.7 Å². The predicted molar refractivity (Wildman–Crippen MR) is 107 cm³/mol. The first-order valence-electron chi connectivity index (χ1n) is 9.65. The maximum Gasteiger partial charge on any atom is 0.218 e. The third kappa shape index (κ3) is 3.28. The Labute approximate surface area is 171 Å². The monoisotopic (exact) mass is 412 g/mol. The summed E-state index contributed by atoms with van der Waals surface area (Å²) in [6.45, 7) is 6.98. The quantitative estimate of drug-likeness (QED) is 0.572. The maximum atomic E-state index is 14.0. The van der Waals surface area contributed by atoms with Crippen LogP contribution in [0.15, 0.2) is 31.2 Å². The molecule has 0 spiro atoms. The average molecular weight is 412 g/mol. The van der Waals surface area contributed by atoms with Crippen LogP contribution in [0.1, 0.15) is 18.1 Å². The Balaban J connectivity index is 1.70. The summed E-state index contributed by atoms with van der Waals surface area (Å²) < 4.78 is 27.3. The summed E-state index contributed by atoms with van der Waals surface area (Å²) in [5.74, 6) is 0.869. The Kier molecular flexibility index (Phi) is 4.43. The fraction of sp³-hybridized carbons (Fsp3) is 0.350. The third-order valence-electron chi connectivity index (χ3n) is 5.07. The Morgan fingerprint density at radius 3 is 3.03 bits per heavy atom. The summed E-state index contributed by atoms with van der Waals surface area (Å²) in [5, 5.41) is 18.0. The number of hydrogen-bond acceptors (Lipinski definition) is 8. The summed E-state index contributed by atoms with van der Waals surface area (Å²) in [4.78, 5) is 10.7. The van der Waals surface area contributed by atoms with Crippen LogP contribution in [0.2, 0.25) is 0 Å². The lowest BCUT2D eigenvalue weighted by Crippen LogP contribution is -2.33. The van der Waals surface area contributed by atoms with Crippen molar-refractivity contribution in [2.75, 3.05) is 24.7 Å². The number of pyridine rings is 1. The van der Waals surface area contributed by atoms with E-state index in [0.717, 1.165) is 11.8 Å². The smallest absolute Gasteiger partial charge is 0.218 e. The normalized spacial score (nSPS) is 21.4. The molecule has 156 valence electrons. The van der Waals surface area contributed by atoms with Gasteiger partial charge in [-0.05, 0) is 13.0 Å². The van der Waals surface area contributed by atoms with E-state index in [4.69, 9.17) is 14.5 Å². The Morgan fingerprint density at radius 1 is 1.30 bits per heavy atom. The molecule has 9 nitrogen and oxygen atoms in total. The van der Waals surface area contributed by atoms with Gasteiger partial charge in [-0.15, -0.1) is 0 Å². The predicted octanol–water partition coefficient (Wildman–Crippen LogP) is 1.36. The fourth-order valence-corrected chi connectivity index (χ4v) is 3.68. The molecule has 3 aromatic rings. The van der Waals surface area contributed by atoms with E-state index >= 15 is 0 Å². The van der Waals surface area contributed by atoms with Gasteiger partial charge >= 0.3 is 0 Å². The molecule has 0 aliphatic carbocycles. The second kappa shape index (κ2) is 7.13. The maximum absolute atomic E-state index is 14.0. The molecule has 0 saturated heterocycles. The lowest BCUT2D eigenvalue weighted by atomic mass is 10.2. The number of fused-ring (bicyclic) bond motifs is 1. The lowest BCUT2D eigenvalue weighted by molar-refractivity contribution is 0.118. The van der Waals surface area contributed by atoms with Crippen LogP contribution in [0.25, 0.3) is 11.3 Å². The van der Waals surface area contributed by atoms with Gasteiger partial charge < -0.3 is 24.8 Å². The largest absolute Gasteiger partial charge is 0.485 e. The molecular weight excluding hydrogens is 391 g/mol. The summed E-state index contributed by atoms with van der Waals surface area (Å²) >= 11 is 0. The van der Waals surface area contributed by atoms with E-state index < -0.39 is 11.9 Å². The molecule has 2 atom stereocenters. The van der Waals surface area contributed by atoms with Crippen molar-refractivity contribution in [3.63, 3.8) is 0 Å². The van der Waals surface area contributed by atoms with Gasteiger partial charge in [0.15, 0.2) is 17.2 Å². The van der Waals surface area contributed by atoms with E-state index in [-0.39, 0.29) is 25.7 Å². The highest BCUT2D eigenvalue weighted by Gasteiger charge is 2.27. The Morgan fingerprint density at radius 2 is 2.17 bits per heavy atom. The molecule has 10 heteroatoms. The van der Waals surface area contributed by atoms with Crippen LogP contribution in [0, 0.1) is 5.82 Å². The van der Waals surface area contributed by atoms with Crippen LogP contribution >= 0.6 is 0 Å². The number of ether oxygens (including phenoxy) is 2. The van der Waals surface area contributed by atoms with Crippen molar-refractivity contribution in [2.45, 2.75) is 25.6 Å². The van der Waals surface area contributed by atoms with Crippen LogP contribution in [0.5, 0.6) is 11.6 Å². The van der Waals surface area contributed by atoms with Crippen molar-refractivity contribution in [2.24, 2.45) is 0 Å². The number of anilines is 1. The number of hydrogen-bond donors (Lipinski definition) is 2. The lowest BCUT2D eigenvalue weighted by Gasteiger charge is -2.24. The topological polar surface area (TPSA) is 97.0 Å². The Bertz CT molecular complexity index is 1130. The first-order valence-corrected chi connectivity index (χ1v) is 9.65. The molecule has 0 amide bonds. The standard InChI is InChI=1S/C20H21FN6O3/c1-11-9-30-20-13(3-14(21)4-22-20)6-26-7-15(28)10-29-17-8-27-18(25-19(17)26)16(5-23-27)12(2)24-11/h3-5,8,11,15,24,28H,2,6-7,9-10H2,1H3/t11-,15-/m1/s1. The number of nitrogens with one attached hydrogen (secondary N) is 1. The molecule has 5 rings (SSSR count). The molecular formula is C20H21FN6O3. The van der Waals surface area contributed by atoms with Crippen molar-refractivity contribution in [3.8, 4) is 11.6 Å². The van der Waals surface area contributed by atoms with Gasteiger partial charge in [0.25, 0.3) is 0 Å². The van der Waals surface area contributed by atoms with Gasteiger partial charge in [-0.1, -0.05) is 6.58 Å². The van der Waals surface area contributed by atoms with Crippen molar-refractivity contribution in [1.82, 2.24) is 24.9 Å². The first kappa shape index (κ1) is 18.6. The average Bonchev–Trinajstić information content (AvgIpc) is 3.06. The summed E-state index contributed by atoms with van der Waals surface area (Å²) in [6.07, 6.45) is 3.80. The van der Waals surface area contributed by atoms with E-state index in [2.05, 4.69) is 22.0 Å². The molecule has 0 fully saturated rings. The molecule has 2 aliphatic heterocycles. The molecule has 3 aromatic heterocycles. The molecule has 2 N–H and O–H groups in total. The van der Waals surface area contributed by atoms with Gasteiger partial charge in [0, 0.05) is 17.8 Å². The van der Waals surface area contributed by atoms with E-state index in [1.165, 1.54) is 6.07 Å². The molecule has 2 bridgehead atoms. The van der Waals surface area contributed by atoms with Crippen LogP contribution in [0.4, 0.5) is 10.2 Å².